The van der Waals surface area contributed by atoms with Crippen LogP contribution in [-0.4, -0.2) is 39.1 Å². The van der Waals surface area contributed by atoms with E-state index in [2.05, 4.69) is 0 Å². The SMILES string of the molecule is CN(CC(=O)O)P(=O)(O)O. The Morgan fingerprint density at radius 2 is 2.00 bits per heavy atom. The molecule has 0 rings (SSSR count). The summed E-state index contributed by atoms with van der Waals surface area (Å²) in [5.41, 5.74) is 0. The molecular weight excluding hydrogens is 161 g/mol. The third kappa shape index (κ3) is 3.58. The standard InChI is InChI=1S/C3H8NO5P/c1-4(2-3(5)6)10(7,8)9/h2H2,1H3,(H,5,6)(H2,7,8,9). The Morgan fingerprint density at radius 1 is 1.60 bits per heavy atom. The molecule has 0 atom stereocenters. The van der Waals surface area contributed by atoms with Crippen molar-refractivity contribution >= 4 is 13.7 Å². The average molecular weight is 169 g/mol. The zero-order chi connectivity index (χ0) is 8.36. The summed E-state index contributed by atoms with van der Waals surface area (Å²) in [6.45, 7) is -0.662. The van der Waals surface area contributed by atoms with Crippen molar-refractivity contribution in [2.75, 3.05) is 13.6 Å². The van der Waals surface area contributed by atoms with Crippen molar-refractivity contribution in [1.82, 2.24) is 4.67 Å². The van der Waals surface area contributed by atoms with E-state index in [1.807, 2.05) is 0 Å². The average Bonchev–Trinajstić information content (AvgIpc) is 1.60. The van der Waals surface area contributed by atoms with Crippen LogP contribution in [0.3, 0.4) is 0 Å². The Morgan fingerprint density at radius 3 is 2.10 bits per heavy atom. The van der Waals surface area contributed by atoms with Gasteiger partial charge in [0.25, 0.3) is 0 Å². The fourth-order valence-electron chi connectivity index (χ4n) is 0.288. The van der Waals surface area contributed by atoms with E-state index in [9.17, 15) is 9.36 Å². The number of likely N-dealkylation sites (N-methyl/N-ethyl adjacent to an activating group) is 1. The van der Waals surface area contributed by atoms with Gasteiger partial charge in [0, 0.05) is 0 Å². The molecule has 0 heterocycles. The molecular formula is C3H8NO5P. The van der Waals surface area contributed by atoms with E-state index in [1.54, 1.807) is 0 Å². The predicted molar refractivity (Wildman–Crippen MR) is 32.3 cm³/mol. The van der Waals surface area contributed by atoms with Gasteiger partial charge in [-0.05, 0) is 7.05 Å². The number of carboxylic acids is 1. The van der Waals surface area contributed by atoms with E-state index >= 15 is 0 Å². The Hall–Kier alpha value is -0.420. The monoisotopic (exact) mass is 169 g/mol. The van der Waals surface area contributed by atoms with Gasteiger partial charge in [-0.15, -0.1) is 0 Å². The van der Waals surface area contributed by atoms with E-state index in [4.69, 9.17) is 14.9 Å². The first kappa shape index (κ1) is 9.58. The van der Waals surface area contributed by atoms with Crippen LogP contribution in [0.2, 0.25) is 0 Å². The first-order chi connectivity index (χ1) is 4.34. The summed E-state index contributed by atoms with van der Waals surface area (Å²) < 4.78 is 10.7. The van der Waals surface area contributed by atoms with Crippen LogP contribution in [0.4, 0.5) is 0 Å². The van der Waals surface area contributed by atoms with E-state index in [0.29, 0.717) is 4.67 Å². The molecule has 0 radical (unpaired) electrons. The molecule has 0 spiro atoms. The molecule has 0 saturated carbocycles. The second-order valence-electron chi connectivity index (χ2n) is 1.72. The highest BCUT2D eigenvalue weighted by molar-refractivity contribution is 7.49. The summed E-state index contributed by atoms with van der Waals surface area (Å²) in [4.78, 5) is 26.5. The molecule has 0 aromatic rings. The number of nitrogens with zero attached hydrogens (tertiary/aromatic N) is 1. The van der Waals surface area contributed by atoms with Crippen LogP contribution in [0.1, 0.15) is 0 Å². The molecule has 7 heteroatoms. The Bertz CT molecular complexity index is 174. The Kier molecular flexibility index (Phi) is 2.98. The number of carboxylic acid groups (broad SMARTS) is 1. The van der Waals surface area contributed by atoms with Crippen molar-refractivity contribution in [2.45, 2.75) is 0 Å². The number of hydrogen-bond donors (Lipinski definition) is 3. The molecule has 0 aliphatic rings. The van der Waals surface area contributed by atoms with Gasteiger partial charge in [0.05, 0.1) is 0 Å². The lowest BCUT2D eigenvalue weighted by atomic mass is 10.7. The van der Waals surface area contributed by atoms with Gasteiger partial charge in [-0.3, -0.25) is 4.79 Å². The van der Waals surface area contributed by atoms with Crippen LogP contribution < -0.4 is 0 Å². The highest BCUT2D eigenvalue weighted by atomic mass is 31.2. The van der Waals surface area contributed by atoms with E-state index in [1.165, 1.54) is 0 Å². The fraction of sp³-hybridized carbons (Fsp3) is 0.667. The van der Waals surface area contributed by atoms with Gasteiger partial charge in [0.1, 0.15) is 6.54 Å². The van der Waals surface area contributed by atoms with Crippen LogP contribution in [0.5, 0.6) is 0 Å². The Balaban J connectivity index is 3.98. The lowest BCUT2D eigenvalue weighted by Crippen LogP contribution is -2.22. The molecule has 0 bridgehead atoms. The minimum Gasteiger partial charge on any atom is -0.480 e. The topological polar surface area (TPSA) is 98.1 Å². The largest absolute Gasteiger partial charge is 0.480 e. The number of hydrogen-bond acceptors (Lipinski definition) is 2. The quantitative estimate of drug-likeness (QED) is 0.473. The molecule has 10 heavy (non-hydrogen) atoms. The molecule has 0 amide bonds. The maximum absolute atomic E-state index is 10.2. The lowest BCUT2D eigenvalue weighted by Gasteiger charge is -2.14. The van der Waals surface area contributed by atoms with Crippen LogP contribution >= 0.6 is 7.75 Å². The number of aliphatic carboxylic acids is 1. The molecule has 0 aromatic heterocycles. The van der Waals surface area contributed by atoms with Crippen molar-refractivity contribution in [3.63, 3.8) is 0 Å². The summed E-state index contributed by atoms with van der Waals surface area (Å²) in [6.07, 6.45) is 0. The zero-order valence-electron chi connectivity index (χ0n) is 5.26. The zero-order valence-corrected chi connectivity index (χ0v) is 6.15. The van der Waals surface area contributed by atoms with Crippen molar-refractivity contribution in [3.8, 4) is 0 Å². The highest BCUT2D eigenvalue weighted by Gasteiger charge is 2.22. The van der Waals surface area contributed by atoms with Gasteiger partial charge in [0.15, 0.2) is 0 Å². The van der Waals surface area contributed by atoms with Crippen molar-refractivity contribution in [3.05, 3.63) is 0 Å². The normalized spacial score (nSPS) is 12.0. The molecule has 0 aliphatic carbocycles. The molecule has 60 valence electrons. The van der Waals surface area contributed by atoms with Crippen LogP contribution in [0.15, 0.2) is 0 Å². The van der Waals surface area contributed by atoms with E-state index in [0.717, 1.165) is 7.05 Å². The van der Waals surface area contributed by atoms with E-state index in [-0.39, 0.29) is 0 Å². The third-order valence-electron chi connectivity index (χ3n) is 0.809. The summed E-state index contributed by atoms with van der Waals surface area (Å²) in [7, 11) is -3.32. The van der Waals surface area contributed by atoms with Gasteiger partial charge < -0.3 is 14.9 Å². The molecule has 0 fully saturated rings. The molecule has 3 N–H and O–H groups in total. The maximum Gasteiger partial charge on any atom is 0.403 e. The fourth-order valence-corrected chi connectivity index (χ4v) is 0.593. The van der Waals surface area contributed by atoms with Gasteiger partial charge in [0.2, 0.25) is 0 Å². The smallest absolute Gasteiger partial charge is 0.403 e. The van der Waals surface area contributed by atoms with Crippen LogP contribution in [-0.2, 0) is 9.36 Å². The van der Waals surface area contributed by atoms with Gasteiger partial charge in [-0.2, -0.15) is 0 Å². The summed E-state index contributed by atoms with van der Waals surface area (Å²) in [5, 5.41) is 8.06. The summed E-state index contributed by atoms with van der Waals surface area (Å²) in [5.74, 6) is -1.27. The van der Waals surface area contributed by atoms with Crippen LogP contribution in [0.25, 0.3) is 0 Å². The molecule has 0 saturated heterocycles. The molecule has 0 aromatic carbocycles. The van der Waals surface area contributed by atoms with Gasteiger partial charge in [-0.1, -0.05) is 0 Å². The van der Waals surface area contributed by atoms with Gasteiger partial charge in [-0.25, -0.2) is 9.24 Å². The van der Waals surface area contributed by atoms with Crippen LogP contribution in [0, 0.1) is 0 Å². The minimum atomic E-state index is -4.36. The van der Waals surface area contributed by atoms with Crippen molar-refractivity contribution in [2.24, 2.45) is 0 Å². The van der Waals surface area contributed by atoms with E-state index < -0.39 is 20.3 Å². The van der Waals surface area contributed by atoms with Crippen molar-refractivity contribution in [1.29, 1.82) is 0 Å². The van der Waals surface area contributed by atoms with Gasteiger partial charge >= 0.3 is 13.7 Å². The second-order valence-corrected chi connectivity index (χ2v) is 3.43. The first-order valence-electron chi connectivity index (χ1n) is 2.33. The molecule has 0 unspecified atom stereocenters. The molecule has 0 aliphatic heterocycles. The highest BCUT2D eigenvalue weighted by Crippen LogP contribution is 2.37. The maximum atomic E-state index is 10.2. The first-order valence-corrected chi connectivity index (χ1v) is 3.89. The molecule has 6 nitrogen and oxygen atoms in total. The summed E-state index contributed by atoms with van der Waals surface area (Å²) >= 11 is 0. The number of carbonyl (C=O) groups is 1. The van der Waals surface area contributed by atoms with Crippen molar-refractivity contribution < 1.29 is 24.3 Å². The third-order valence-corrected chi connectivity index (χ3v) is 1.84. The predicted octanol–water partition coefficient (Wildman–Crippen LogP) is -0.905. The second kappa shape index (κ2) is 3.12. The lowest BCUT2D eigenvalue weighted by molar-refractivity contribution is -0.137. The summed E-state index contributed by atoms with van der Waals surface area (Å²) in [6, 6.07) is 0. The minimum absolute atomic E-state index is 0.454. The number of rotatable bonds is 3. The Labute approximate surface area is 57.3 Å².